The Labute approximate surface area is 74.4 Å². The zero-order valence-corrected chi connectivity index (χ0v) is 6.82. The summed E-state index contributed by atoms with van der Waals surface area (Å²) in [7, 11) is 0. The Morgan fingerprint density at radius 1 is 1.54 bits per heavy atom. The van der Waals surface area contributed by atoms with Gasteiger partial charge in [0.2, 0.25) is 11.8 Å². The molecule has 0 rings (SSSR count). The second-order valence-corrected chi connectivity index (χ2v) is 2.27. The second kappa shape index (κ2) is 4.91. The van der Waals surface area contributed by atoms with Gasteiger partial charge in [-0.2, -0.15) is 0 Å². The Morgan fingerprint density at radius 3 is 2.38 bits per heavy atom. The lowest BCUT2D eigenvalue weighted by atomic mass is 10.2. The number of primary amides is 1. The van der Waals surface area contributed by atoms with E-state index in [0.29, 0.717) is 0 Å². The maximum Gasteiger partial charge on any atom is 0.326 e. The zero-order chi connectivity index (χ0) is 10.4. The van der Waals surface area contributed by atoms with Gasteiger partial charge >= 0.3 is 5.97 Å². The number of rotatable bonds is 5. The molecule has 0 fully saturated rings. The third kappa shape index (κ3) is 4.57. The van der Waals surface area contributed by atoms with Gasteiger partial charge in [0.05, 0.1) is 6.42 Å². The SMILES string of the molecule is C=CC(=O)NC(CC(N)=O)C(=O)O. The number of nitrogens with one attached hydrogen (secondary N) is 1. The maximum atomic E-state index is 10.7. The van der Waals surface area contributed by atoms with Gasteiger partial charge in [0.25, 0.3) is 0 Å². The molecule has 6 heteroatoms. The molecule has 0 aliphatic heterocycles. The summed E-state index contributed by atoms with van der Waals surface area (Å²) in [4.78, 5) is 31.5. The number of carboxylic acid groups (broad SMARTS) is 1. The summed E-state index contributed by atoms with van der Waals surface area (Å²) in [5, 5.41) is 10.5. The Hall–Kier alpha value is -1.85. The van der Waals surface area contributed by atoms with Gasteiger partial charge in [-0.3, -0.25) is 9.59 Å². The number of carbonyl (C=O) groups excluding carboxylic acids is 2. The number of hydrogen-bond donors (Lipinski definition) is 3. The van der Waals surface area contributed by atoms with E-state index in [9.17, 15) is 14.4 Å². The molecule has 13 heavy (non-hydrogen) atoms. The van der Waals surface area contributed by atoms with Crippen LogP contribution in [0.25, 0.3) is 0 Å². The van der Waals surface area contributed by atoms with E-state index in [-0.39, 0.29) is 0 Å². The highest BCUT2D eigenvalue weighted by Gasteiger charge is 2.20. The van der Waals surface area contributed by atoms with Crippen LogP contribution in [-0.2, 0) is 14.4 Å². The van der Waals surface area contributed by atoms with Gasteiger partial charge in [0.15, 0.2) is 0 Å². The molecule has 0 aliphatic carbocycles. The van der Waals surface area contributed by atoms with Gasteiger partial charge in [-0.25, -0.2) is 4.79 Å². The van der Waals surface area contributed by atoms with E-state index in [4.69, 9.17) is 10.8 Å². The van der Waals surface area contributed by atoms with Crippen LogP contribution in [-0.4, -0.2) is 28.9 Å². The standard InChI is InChI=1S/C7H10N2O4/c1-2-6(11)9-4(7(12)13)3-5(8)10/h2,4H,1,3H2,(H2,8,10)(H,9,11)(H,12,13). The van der Waals surface area contributed by atoms with Crippen LogP contribution >= 0.6 is 0 Å². The normalized spacial score (nSPS) is 11.4. The lowest BCUT2D eigenvalue weighted by Gasteiger charge is -2.10. The van der Waals surface area contributed by atoms with Crippen molar-refractivity contribution in [3.63, 3.8) is 0 Å². The molecule has 0 radical (unpaired) electrons. The van der Waals surface area contributed by atoms with Crippen LogP contribution in [0.4, 0.5) is 0 Å². The molecule has 0 aromatic heterocycles. The molecular formula is C7H10N2O4. The molecule has 0 bridgehead atoms. The average Bonchev–Trinajstić information content (AvgIpc) is 2.02. The van der Waals surface area contributed by atoms with Gasteiger partial charge in [0.1, 0.15) is 6.04 Å². The van der Waals surface area contributed by atoms with Crippen molar-refractivity contribution in [2.24, 2.45) is 5.73 Å². The Morgan fingerprint density at radius 2 is 2.08 bits per heavy atom. The molecule has 4 N–H and O–H groups in total. The van der Waals surface area contributed by atoms with Crippen molar-refractivity contribution in [2.45, 2.75) is 12.5 Å². The summed E-state index contributed by atoms with van der Waals surface area (Å²) in [6.07, 6.45) is 0.478. The van der Waals surface area contributed by atoms with Gasteiger partial charge in [0, 0.05) is 0 Å². The smallest absolute Gasteiger partial charge is 0.326 e. The Bertz CT molecular complexity index is 249. The second-order valence-electron chi connectivity index (χ2n) is 2.27. The highest BCUT2D eigenvalue weighted by molar-refractivity contribution is 5.92. The van der Waals surface area contributed by atoms with Crippen LogP contribution in [0.15, 0.2) is 12.7 Å². The zero-order valence-electron chi connectivity index (χ0n) is 6.82. The number of nitrogens with two attached hydrogens (primary N) is 1. The summed E-state index contributed by atoms with van der Waals surface area (Å²) < 4.78 is 0. The number of carboxylic acids is 1. The maximum absolute atomic E-state index is 10.7. The number of amides is 2. The first-order chi connectivity index (χ1) is 5.97. The molecule has 0 spiro atoms. The van der Waals surface area contributed by atoms with E-state index in [1.165, 1.54) is 0 Å². The first kappa shape index (κ1) is 11.2. The molecule has 2 amide bonds. The molecule has 0 aromatic carbocycles. The monoisotopic (exact) mass is 186 g/mol. The van der Waals surface area contributed by atoms with E-state index in [1.54, 1.807) is 0 Å². The molecule has 0 heterocycles. The predicted molar refractivity (Wildman–Crippen MR) is 43.6 cm³/mol. The first-order valence-corrected chi connectivity index (χ1v) is 3.41. The fraction of sp³-hybridized carbons (Fsp3) is 0.286. The number of hydrogen-bond acceptors (Lipinski definition) is 3. The topological polar surface area (TPSA) is 109 Å². The van der Waals surface area contributed by atoms with E-state index in [0.717, 1.165) is 6.08 Å². The minimum atomic E-state index is -1.31. The van der Waals surface area contributed by atoms with E-state index in [2.05, 4.69) is 6.58 Å². The molecule has 6 nitrogen and oxygen atoms in total. The Balaban J connectivity index is 4.26. The van der Waals surface area contributed by atoms with Gasteiger partial charge in [-0.1, -0.05) is 6.58 Å². The van der Waals surface area contributed by atoms with Crippen molar-refractivity contribution in [3.8, 4) is 0 Å². The largest absolute Gasteiger partial charge is 0.480 e. The van der Waals surface area contributed by atoms with Gasteiger partial charge in [-0.05, 0) is 6.08 Å². The summed E-state index contributed by atoms with van der Waals surface area (Å²) in [6.45, 7) is 3.13. The summed E-state index contributed by atoms with van der Waals surface area (Å²) in [5.74, 6) is -2.76. The molecule has 1 atom stereocenters. The third-order valence-corrected chi connectivity index (χ3v) is 1.21. The van der Waals surface area contributed by atoms with Crippen LogP contribution in [0.5, 0.6) is 0 Å². The molecule has 0 saturated carbocycles. The summed E-state index contributed by atoms with van der Waals surface area (Å²) in [5.41, 5.74) is 4.77. The number of carbonyl (C=O) groups is 3. The van der Waals surface area contributed by atoms with Crippen molar-refractivity contribution in [1.29, 1.82) is 0 Å². The summed E-state index contributed by atoms with van der Waals surface area (Å²) >= 11 is 0. The fourth-order valence-corrected chi connectivity index (χ4v) is 0.632. The van der Waals surface area contributed by atoms with E-state index < -0.39 is 30.2 Å². The van der Waals surface area contributed by atoms with E-state index >= 15 is 0 Å². The minimum absolute atomic E-state index is 0.436. The van der Waals surface area contributed by atoms with Crippen molar-refractivity contribution in [2.75, 3.05) is 0 Å². The van der Waals surface area contributed by atoms with Crippen LogP contribution < -0.4 is 11.1 Å². The number of aliphatic carboxylic acids is 1. The molecule has 0 aromatic rings. The molecule has 0 saturated heterocycles. The lowest BCUT2D eigenvalue weighted by molar-refractivity contribution is -0.142. The van der Waals surface area contributed by atoms with Crippen LogP contribution in [0, 0.1) is 0 Å². The van der Waals surface area contributed by atoms with Crippen molar-refractivity contribution < 1.29 is 19.5 Å². The van der Waals surface area contributed by atoms with Gasteiger partial charge < -0.3 is 16.2 Å². The highest BCUT2D eigenvalue weighted by Crippen LogP contribution is 1.91. The minimum Gasteiger partial charge on any atom is -0.480 e. The molecule has 0 aliphatic rings. The first-order valence-electron chi connectivity index (χ1n) is 3.41. The quantitative estimate of drug-likeness (QED) is 0.459. The Kier molecular flexibility index (Phi) is 4.21. The lowest BCUT2D eigenvalue weighted by Crippen LogP contribution is -2.42. The predicted octanol–water partition coefficient (Wildman–Crippen LogP) is -1.38. The summed E-state index contributed by atoms with van der Waals surface area (Å²) in [6, 6.07) is -1.29. The fourth-order valence-electron chi connectivity index (χ4n) is 0.632. The molecule has 1 unspecified atom stereocenters. The van der Waals surface area contributed by atoms with Crippen molar-refractivity contribution >= 4 is 17.8 Å². The van der Waals surface area contributed by atoms with Crippen LogP contribution in [0.1, 0.15) is 6.42 Å². The third-order valence-electron chi connectivity index (χ3n) is 1.21. The highest BCUT2D eigenvalue weighted by atomic mass is 16.4. The average molecular weight is 186 g/mol. The van der Waals surface area contributed by atoms with Crippen molar-refractivity contribution in [3.05, 3.63) is 12.7 Å². The van der Waals surface area contributed by atoms with Gasteiger partial charge in [-0.15, -0.1) is 0 Å². The molecular weight excluding hydrogens is 176 g/mol. The van der Waals surface area contributed by atoms with Crippen LogP contribution in [0.3, 0.4) is 0 Å². The van der Waals surface area contributed by atoms with E-state index in [1.807, 2.05) is 5.32 Å². The van der Waals surface area contributed by atoms with Crippen LogP contribution in [0.2, 0.25) is 0 Å². The van der Waals surface area contributed by atoms with Crippen molar-refractivity contribution in [1.82, 2.24) is 5.32 Å². The molecule has 72 valence electrons.